The number of amides is 1. The molecule has 1 aromatic heterocycles. The summed E-state index contributed by atoms with van der Waals surface area (Å²) in [4.78, 5) is 26.2. The molecule has 2 aromatic carbocycles. The second-order valence-corrected chi connectivity index (χ2v) is 8.59. The highest BCUT2D eigenvalue weighted by Gasteiger charge is 2.25. The van der Waals surface area contributed by atoms with Crippen LogP contribution in [-0.4, -0.2) is 38.9 Å². The van der Waals surface area contributed by atoms with Crippen molar-refractivity contribution in [3.05, 3.63) is 58.5 Å². The predicted octanol–water partition coefficient (Wildman–Crippen LogP) is 4.01. The van der Waals surface area contributed by atoms with E-state index < -0.39 is 12.7 Å². The number of benzene rings is 2. The van der Waals surface area contributed by atoms with Crippen molar-refractivity contribution in [3.63, 3.8) is 0 Å². The lowest BCUT2D eigenvalue weighted by atomic mass is 9.92. The first-order valence-corrected chi connectivity index (χ1v) is 11.1. The number of imidazole rings is 1. The summed E-state index contributed by atoms with van der Waals surface area (Å²) in [5.74, 6) is -0.368. The minimum atomic E-state index is -2.97. The van der Waals surface area contributed by atoms with Gasteiger partial charge < -0.3 is 15.2 Å². The van der Waals surface area contributed by atoms with E-state index in [0.717, 1.165) is 19.3 Å². The van der Waals surface area contributed by atoms with Crippen molar-refractivity contribution in [2.24, 2.45) is 0 Å². The van der Waals surface area contributed by atoms with E-state index in [1.807, 2.05) is 13.8 Å². The van der Waals surface area contributed by atoms with Gasteiger partial charge in [0.25, 0.3) is 5.91 Å². The summed E-state index contributed by atoms with van der Waals surface area (Å²) in [5, 5.41) is 13.1. The van der Waals surface area contributed by atoms with Crippen LogP contribution in [0.2, 0.25) is 0 Å². The third-order valence-corrected chi connectivity index (χ3v) is 6.00. The van der Waals surface area contributed by atoms with Gasteiger partial charge in [-0.3, -0.25) is 13.9 Å². The lowest BCUT2D eigenvalue weighted by molar-refractivity contribution is -0.0498. The molecule has 0 saturated heterocycles. The Morgan fingerprint density at radius 3 is 2.58 bits per heavy atom. The fourth-order valence-electron chi connectivity index (χ4n) is 4.44. The smallest absolute Gasteiger partial charge is 0.387 e. The van der Waals surface area contributed by atoms with Crippen LogP contribution in [-0.2, 0) is 0 Å². The summed E-state index contributed by atoms with van der Waals surface area (Å²) in [6, 6.07) is 10.4. The van der Waals surface area contributed by atoms with Crippen LogP contribution in [0.4, 0.5) is 8.78 Å². The average Bonchev–Trinajstić information content (AvgIpc) is 3.06. The molecule has 1 aliphatic rings. The van der Waals surface area contributed by atoms with Crippen LogP contribution in [0, 0.1) is 0 Å². The molecular formula is C24H27F2N3O4. The van der Waals surface area contributed by atoms with Crippen LogP contribution >= 0.6 is 0 Å². The predicted molar refractivity (Wildman–Crippen MR) is 120 cm³/mol. The number of aromatic nitrogens is 2. The molecule has 0 aliphatic heterocycles. The largest absolute Gasteiger partial charge is 0.435 e. The number of hydrogen-bond donors (Lipinski definition) is 2. The van der Waals surface area contributed by atoms with Crippen molar-refractivity contribution in [1.29, 1.82) is 0 Å². The monoisotopic (exact) mass is 459 g/mol. The Kier molecular flexibility index (Phi) is 6.51. The van der Waals surface area contributed by atoms with Gasteiger partial charge in [-0.05, 0) is 57.0 Å². The second kappa shape index (κ2) is 9.35. The van der Waals surface area contributed by atoms with Crippen molar-refractivity contribution in [3.8, 4) is 11.4 Å². The van der Waals surface area contributed by atoms with Gasteiger partial charge in [0.05, 0.1) is 28.9 Å². The summed E-state index contributed by atoms with van der Waals surface area (Å²) in [6.45, 7) is 0.733. The first-order chi connectivity index (χ1) is 15.8. The van der Waals surface area contributed by atoms with Crippen LogP contribution < -0.4 is 15.7 Å². The molecule has 9 heteroatoms. The minimum absolute atomic E-state index is 0.0538. The third-order valence-electron chi connectivity index (χ3n) is 6.00. The summed E-state index contributed by atoms with van der Waals surface area (Å²) >= 11 is 0. The molecule has 0 bridgehead atoms. The van der Waals surface area contributed by atoms with E-state index in [2.05, 4.69) is 10.1 Å². The molecular weight excluding hydrogens is 432 g/mol. The van der Waals surface area contributed by atoms with Crippen LogP contribution in [0.25, 0.3) is 16.7 Å². The van der Waals surface area contributed by atoms with E-state index in [0.29, 0.717) is 28.7 Å². The first-order valence-electron chi connectivity index (χ1n) is 11.1. The maximum absolute atomic E-state index is 13.3. The molecule has 1 heterocycles. The Hall–Kier alpha value is -3.20. The molecule has 2 N–H and O–H groups in total. The topological polar surface area (TPSA) is 85.5 Å². The van der Waals surface area contributed by atoms with Crippen LogP contribution in [0.5, 0.6) is 5.75 Å². The highest BCUT2D eigenvalue weighted by molar-refractivity contribution is 5.98. The van der Waals surface area contributed by atoms with E-state index in [1.54, 1.807) is 28.8 Å². The van der Waals surface area contributed by atoms with Crippen molar-refractivity contribution < 1.29 is 23.4 Å². The van der Waals surface area contributed by atoms with Crippen molar-refractivity contribution in [2.45, 2.75) is 64.3 Å². The number of nitrogens with one attached hydrogen (secondary N) is 1. The number of nitrogens with zero attached hydrogens (tertiary/aromatic N) is 2. The lowest BCUT2D eigenvalue weighted by Crippen LogP contribution is -2.45. The Morgan fingerprint density at radius 2 is 1.88 bits per heavy atom. The van der Waals surface area contributed by atoms with Crippen molar-refractivity contribution in [2.75, 3.05) is 0 Å². The van der Waals surface area contributed by atoms with Crippen LogP contribution in [0.1, 0.15) is 55.9 Å². The molecule has 3 aromatic rings. The number of carbonyl (C=O) groups excluding carboxylic acids is 1. The number of ether oxygens (including phenoxy) is 1. The molecule has 1 aliphatic carbocycles. The molecule has 1 saturated carbocycles. The van der Waals surface area contributed by atoms with Gasteiger partial charge in [-0.15, -0.1) is 0 Å². The van der Waals surface area contributed by atoms with E-state index >= 15 is 0 Å². The Morgan fingerprint density at radius 1 is 1.12 bits per heavy atom. The van der Waals surface area contributed by atoms with Gasteiger partial charge in [0, 0.05) is 17.7 Å². The molecule has 1 fully saturated rings. The zero-order valence-corrected chi connectivity index (χ0v) is 18.5. The fraction of sp³-hybridized carbons (Fsp3) is 0.417. The van der Waals surface area contributed by atoms with Gasteiger partial charge in [-0.1, -0.05) is 18.9 Å². The summed E-state index contributed by atoms with van der Waals surface area (Å²) in [7, 11) is 0. The van der Waals surface area contributed by atoms with Crippen molar-refractivity contribution in [1.82, 2.24) is 14.5 Å². The maximum Gasteiger partial charge on any atom is 0.387 e. The van der Waals surface area contributed by atoms with E-state index in [1.165, 1.54) is 22.8 Å². The maximum atomic E-state index is 13.3. The number of aliphatic hydroxyl groups is 1. The number of carbonyl (C=O) groups is 1. The zero-order chi connectivity index (χ0) is 23.7. The normalized spacial score (nSPS) is 18.8. The molecule has 0 spiro atoms. The highest BCUT2D eigenvalue weighted by atomic mass is 19.3. The highest BCUT2D eigenvalue weighted by Crippen LogP contribution is 2.25. The van der Waals surface area contributed by atoms with Gasteiger partial charge >= 0.3 is 12.3 Å². The molecule has 2 atom stereocenters. The van der Waals surface area contributed by atoms with Crippen molar-refractivity contribution >= 4 is 16.9 Å². The number of hydrogen-bond acceptors (Lipinski definition) is 4. The van der Waals surface area contributed by atoms with E-state index in [9.17, 15) is 23.5 Å². The number of fused-ring (bicyclic) bond motifs is 1. The van der Waals surface area contributed by atoms with Gasteiger partial charge in [-0.2, -0.15) is 8.78 Å². The summed E-state index contributed by atoms with van der Waals surface area (Å²) in [5.41, 5.74) is 1.49. The summed E-state index contributed by atoms with van der Waals surface area (Å²) in [6.07, 6.45) is 2.71. The first kappa shape index (κ1) is 23.0. The average molecular weight is 459 g/mol. The lowest BCUT2D eigenvalue weighted by Gasteiger charge is -2.28. The number of alkyl halides is 2. The minimum Gasteiger partial charge on any atom is -0.435 e. The zero-order valence-electron chi connectivity index (χ0n) is 18.5. The van der Waals surface area contributed by atoms with Gasteiger partial charge in [0.15, 0.2) is 0 Å². The van der Waals surface area contributed by atoms with E-state index in [4.69, 9.17) is 0 Å². The molecule has 33 heavy (non-hydrogen) atoms. The van der Waals surface area contributed by atoms with Crippen LogP contribution in [0.3, 0.4) is 0 Å². The molecule has 176 valence electrons. The number of aliphatic hydroxyl groups excluding tert-OH is 1. The second-order valence-electron chi connectivity index (χ2n) is 8.59. The summed E-state index contributed by atoms with van der Waals surface area (Å²) < 4.78 is 32.8. The molecule has 4 rings (SSSR count). The van der Waals surface area contributed by atoms with Crippen LogP contribution in [0.15, 0.2) is 47.3 Å². The third kappa shape index (κ3) is 4.64. The van der Waals surface area contributed by atoms with Gasteiger partial charge in [0.1, 0.15) is 5.75 Å². The van der Waals surface area contributed by atoms with Gasteiger partial charge in [0.2, 0.25) is 0 Å². The molecule has 1 amide bonds. The van der Waals surface area contributed by atoms with Gasteiger partial charge in [-0.25, -0.2) is 4.79 Å². The Bertz CT molecular complexity index is 1220. The Labute approximate surface area is 189 Å². The quantitative estimate of drug-likeness (QED) is 0.583. The van der Waals surface area contributed by atoms with E-state index in [-0.39, 0.29) is 29.4 Å². The number of rotatable bonds is 6. The molecule has 0 radical (unpaired) electrons. The molecule has 7 nitrogen and oxygen atoms in total. The Balaban J connectivity index is 1.76. The SMILES string of the molecule is CC(C)n1c(=O)n(-c2cccc(OC(F)F)c2)c2ccc(C(=O)N[C@@H]3CCCC[C@H]3O)cc21. The number of halogens is 2. The molecule has 0 unspecified atom stereocenters. The fourth-order valence-corrected chi connectivity index (χ4v) is 4.44. The standard InChI is InChI=1S/C24H27F2N3O4/c1-14(2)28-20-12-15(22(31)27-18-8-3-4-9-21(18)30)10-11-19(20)29(24(28)32)16-6-5-7-17(13-16)33-23(25)26/h5-7,10-14,18,21,23,30H,3-4,8-9H2,1-2H3,(H,27,31)/t18-,21-/m1/s1.